The van der Waals surface area contributed by atoms with Crippen molar-refractivity contribution >= 4 is 44.1 Å². The summed E-state index contributed by atoms with van der Waals surface area (Å²) < 4.78 is 6.49. The summed E-state index contributed by atoms with van der Waals surface area (Å²) in [5.41, 5.74) is 7.96. The Bertz CT molecular complexity index is 564. The summed E-state index contributed by atoms with van der Waals surface area (Å²) in [6.45, 7) is 2.17. The smallest absolute Gasteiger partial charge is 0.181 e. The van der Waals surface area contributed by atoms with Crippen LogP contribution in [0.3, 0.4) is 0 Å². The van der Waals surface area contributed by atoms with Gasteiger partial charge < -0.3 is 15.4 Å². The molecule has 2 N–H and O–H groups in total. The number of anilines is 2. The largest absolute Gasteiger partial charge is 0.494 e. The Morgan fingerprint density at radius 3 is 2.83 bits per heavy atom. The van der Waals surface area contributed by atoms with E-state index in [1.165, 1.54) is 17.2 Å². The van der Waals surface area contributed by atoms with Crippen LogP contribution < -0.4 is 15.4 Å². The fourth-order valence-corrected chi connectivity index (χ4v) is 4.00. The van der Waals surface area contributed by atoms with Crippen LogP contribution in [0, 0.1) is 0 Å². The standard InChI is InChI=1S/C12H15N3OS2/c1-16-9-3-2-8(15-4-6-17-7-5-15)11-10(9)14-12(13)18-11/h2-3H,4-7H2,1H3,(H2,13,14). The Kier molecular flexibility index (Phi) is 3.22. The molecule has 4 nitrogen and oxygen atoms in total. The van der Waals surface area contributed by atoms with Crippen LogP contribution in [-0.4, -0.2) is 36.7 Å². The Hall–Kier alpha value is -1.14. The van der Waals surface area contributed by atoms with Gasteiger partial charge in [0.15, 0.2) is 5.13 Å². The molecule has 2 heterocycles. The molecule has 0 atom stereocenters. The van der Waals surface area contributed by atoms with E-state index in [1.54, 1.807) is 18.4 Å². The van der Waals surface area contributed by atoms with Gasteiger partial charge in [0.2, 0.25) is 0 Å². The molecule has 0 spiro atoms. The van der Waals surface area contributed by atoms with Crippen molar-refractivity contribution < 1.29 is 4.74 Å². The van der Waals surface area contributed by atoms with E-state index in [2.05, 4.69) is 16.0 Å². The lowest BCUT2D eigenvalue weighted by atomic mass is 10.2. The highest BCUT2D eigenvalue weighted by Crippen LogP contribution is 2.38. The van der Waals surface area contributed by atoms with Crippen molar-refractivity contribution in [2.24, 2.45) is 0 Å². The molecule has 3 rings (SSSR count). The first-order valence-electron chi connectivity index (χ1n) is 5.85. The summed E-state index contributed by atoms with van der Waals surface area (Å²) in [5, 5.41) is 0.599. The van der Waals surface area contributed by atoms with E-state index in [0.717, 1.165) is 29.1 Å². The van der Waals surface area contributed by atoms with Gasteiger partial charge in [-0.1, -0.05) is 11.3 Å². The van der Waals surface area contributed by atoms with Crippen LogP contribution in [-0.2, 0) is 0 Å². The number of thiazole rings is 1. The average Bonchev–Trinajstić information content (AvgIpc) is 2.80. The zero-order chi connectivity index (χ0) is 12.5. The number of thioether (sulfide) groups is 1. The molecule has 1 saturated heterocycles. The Balaban J connectivity index is 2.11. The molecule has 96 valence electrons. The molecule has 1 aromatic heterocycles. The molecule has 6 heteroatoms. The van der Waals surface area contributed by atoms with Gasteiger partial charge in [0.25, 0.3) is 0 Å². The molecule has 1 aromatic carbocycles. The summed E-state index contributed by atoms with van der Waals surface area (Å²) in [7, 11) is 1.67. The molecule has 1 aliphatic rings. The number of nitrogen functional groups attached to an aromatic ring is 1. The van der Waals surface area contributed by atoms with Crippen molar-refractivity contribution in [1.29, 1.82) is 0 Å². The quantitative estimate of drug-likeness (QED) is 0.916. The predicted molar refractivity (Wildman–Crippen MR) is 80.1 cm³/mol. The van der Waals surface area contributed by atoms with Gasteiger partial charge in [0.1, 0.15) is 11.3 Å². The van der Waals surface area contributed by atoms with Gasteiger partial charge in [0.05, 0.1) is 17.5 Å². The molecular weight excluding hydrogens is 266 g/mol. The van der Waals surface area contributed by atoms with E-state index in [0.29, 0.717) is 5.13 Å². The molecule has 2 aromatic rings. The molecular formula is C12H15N3OS2. The lowest BCUT2D eigenvalue weighted by Gasteiger charge is -2.28. The van der Waals surface area contributed by atoms with E-state index in [4.69, 9.17) is 10.5 Å². The molecule has 0 unspecified atom stereocenters. The number of benzene rings is 1. The number of methoxy groups -OCH3 is 1. The van der Waals surface area contributed by atoms with Gasteiger partial charge >= 0.3 is 0 Å². The minimum atomic E-state index is 0.599. The lowest BCUT2D eigenvalue weighted by Crippen LogP contribution is -2.32. The van der Waals surface area contributed by atoms with Crippen LogP contribution in [0.15, 0.2) is 12.1 Å². The van der Waals surface area contributed by atoms with Crippen molar-refractivity contribution in [2.45, 2.75) is 0 Å². The predicted octanol–water partition coefficient (Wildman–Crippen LogP) is 2.44. The van der Waals surface area contributed by atoms with Crippen molar-refractivity contribution in [3.05, 3.63) is 12.1 Å². The van der Waals surface area contributed by atoms with Crippen LogP contribution in [0.5, 0.6) is 5.75 Å². The first-order chi connectivity index (χ1) is 8.79. The van der Waals surface area contributed by atoms with Crippen LogP contribution in [0.2, 0.25) is 0 Å². The van der Waals surface area contributed by atoms with Crippen molar-refractivity contribution in [2.75, 3.05) is 42.3 Å². The second-order valence-electron chi connectivity index (χ2n) is 4.12. The summed E-state index contributed by atoms with van der Waals surface area (Å²) in [6, 6.07) is 4.10. The van der Waals surface area contributed by atoms with Gasteiger partial charge in [-0.15, -0.1) is 0 Å². The van der Waals surface area contributed by atoms with Crippen LogP contribution in [0.1, 0.15) is 0 Å². The third-order valence-electron chi connectivity index (χ3n) is 3.07. The van der Waals surface area contributed by atoms with Crippen LogP contribution >= 0.6 is 23.1 Å². The molecule has 0 amide bonds. The first kappa shape index (κ1) is 11.9. The molecule has 18 heavy (non-hydrogen) atoms. The maximum absolute atomic E-state index is 5.84. The normalized spacial score (nSPS) is 16.2. The molecule has 0 bridgehead atoms. The summed E-state index contributed by atoms with van der Waals surface area (Å²) in [6.07, 6.45) is 0. The second kappa shape index (κ2) is 4.85. The van der Waals surface area contributed by atoms with E-state index >= 15 is 0 Å². The first-order valence-corrected chi connectivity index (χ1v) is 7.82. The number of nitrogens with two attached hydrogens (primary N) is 1. The average molecular weight is 281 g/mol. The number of aromatic nitrogens is 1. The Labute approximate surface area is 114 Å². The lowest BCUT2D eigenvalue weighted by molar-refractivity contribution is 0.419. The number of fused-ring (bicyclic) bond motifs is 1. The fraction of sp³-hybridized carbons (Fsp3) is 0.417. The van der Waals surface area contributed by atoms with E-state index < -0.39 is 0 Å². The number of hydrogen-bond donors (Lipinski definition) is 1. The van der Waals surface area contributed by atoms with Crippen LogP contribution in [0.4, 0.5) is 10.8 Å². The van der Waals surface area contributed by atoms with Gasteiger partial charge in [-0.05, 0) is 12.1 Å². The fourth-order valence-electron chi connectivity index (χ4n) is 2.20. The minimum Gasteiger partial charge on any atom is -0.494 e. The monoisotopic (exact) mass is 281 g/mol. The molecule has 1 aliphatic heterocycles. The maximum atomic E-state index is 5.84. The highest BCUT2D eigenvalue weighted by atomic mass is 32.2. The molecule has 0 radical (unpaired) electrons. The zero-order valence-electron chi connectivity index (χ0n) is 10.2. The molecule has 0 aliphatic carbocycles. The minimum absolute atomic E-state index is 0.599. The van der Waals surface area contributed by atoms with Crippen molar-refractivity contribution in [3.8, 4) is 5.75 Å². The third-order valence-corrected chi connectivity index (χ3v) is 4.92. The van der Waals surface area contributed by atoms with Crippen LogP contribution in [0.25, 0.3) is 10.2 Å². The van der Waals surface area contributed by atoms with Crippen molar-refractivity contribution in [1.82, 2.24) is 4.98 Å². The SMILES string of the molecule is COc1ccc(N2CCSCC2)c2sc(N)nc12. The summed E-state index contributed by atoms with van der Waals surface area (Å²) in [4.78, 5) is 6.79. The second-order valence-corrected chi connectivity index (χ2v) is 6.37. The van der Waals surface area contributed by atoms with E-state index in [-0.39, 0.29) is 0 Å². The highest BCUT2D eigenvalue weighted by molar-refractivity contribution is 7.99. The third kappa shape index (κ3) is 1.99. The number of ether oxygens (including phenoxy) is 1. The van der Waals surface area contributed by atoms with Gasteiger partial charge in [-0.25, -0.2) is 4.98 Å². The topological polar surface area (TPSA) is 51.4 Å². The van der Waals surface area contributed by atoms with E-state index in [1.807, 2.05) is 17.8 Å². The maximum Gasteiger partial charge on any atom is 0.181 e. The summed E-state index contributed by atoms with van der Waals surface area (Å²) in [5.74, 6) is 3.16. The van der Waals surface area contributed by atoms with Gasteiger partial charge in [0, 0.05) is 24.6 Å². The summed E-state index contributed by atoms with van der Waals surface area (Å²) >= 11 is 3.55. The van der Waals surface area contributed by atoms with Gasteiger partial charge in [-0.3, -0.25) is 0 Å². The Morgan fingerprint density at radius 1 is 1.33 bits per heavy atom. The molecule has 1 fully saturated rings. The number of rotatable bonds is 2. The highest BCUT2D eigenvalue weighted by Gasteiger charge is 2.18. The Morgan fingerprint density at radius 2 is 2.11 bits per heavy atom. The zero-order valence-corrected chi connectivity index (χ0v) is 11.8. The molecule has 0 saturated carbocycles. The number of nitrogens with zero attached hydrogens (tertiary/aromatic N) is 2. The number of hydrogen-bond acceptors (Lipinski definition) is 6. The van der Waals surface area contributed by atoms with Crippen molar-refractivity contribution in [3.63, 3.8) is 0 Å². The van der Waals surface area contributed by atoms with Gasteiger partial charge in [-0.2, -0.15) is 11.8 Å². The van der Waals surface area contributed by atoms with E-state index in [9.17, 15) is 0 Å².